The summed E-state index contributed by atoms with van der Waals surface area (Å²) >= 11 is 0. The Morgan fingerprint density at radius 2 is 0.615 bits per heavy atom. The number of rotatable bonds is 33. The molecule has 39 heavy (non-hydrogen) atoms. The van der Waals surface area contributed by atoms with Crippen molar-refractivity contribution in [3.8, 4) is 0 Å². The highest BCUT2D eigenvalue weighted by atomic mass is 16.6. The van der Waals surface area contributed by atoms with E-state index in [0.29, 0.717) is 131 Å². The van der Waals surface area contributed by atoms with E-state index in [4.69, 9.17) is 52.1 Å². The van der Waals surface area contributed by atoms with Gasteiger partial charge in [-0.15, -0.1) is 0 Å². The first kappa shape index (κ1) is 37.8. The van der Waals surface area contributed by atoms with Gasteiger partial charge in [0.2, 0.25) is 0 Å². The predicted octanol–water partition coefficient (Wildman–Crippen LogP) is 1.68. The molecule has 0 N–H and O–H groups in total. The van der Waals surface area contributed by atoms with Gasteiger partial charge in [0.1, 0.15) is 6.61 Å². The van der Waals surface area contributed by atoms with Crippen LogP contribution in [0.1, 0.15) is 20.3 Å². The smallest absolute Gasteiger partial charge is 0.333 e. The number of carbonyl (C=O) groups is 1. The van der Waals surface area contributed by atoms with Crippen molar-refractivity contribution < 1.29 is 56.9 Å². The molecule has 0 saturated carbocycles. The fourth-order valence-corrected chi connectivity index (χ4v) is 2.54. The van der Waals surface area contributed by atoms with E-state index in [-0.39, 0.29) is 6.61 Å². The van der Waals surface area contributed by atoms with Gasteiger partial charge in [-0.3, -0.25) is 0 Å². The third kappa shape index (κ3) is 32.9. The maximum absolute atomic E-state index is 11.2. The standard InChI is InChI=1S/C27H52O12/c1-4-5-29-6-7-30-8-9-31-10-11-32-12-13-33-14-15-34-16-17-35-18-19-36-20-21-37-22-23-38-24-25-39-27(28)26(2)3/h2,4-25H2,1,3H3. The largest absolute Gasteiger partial charge is 0.460 e. The number of carbonyl (C=O) groups excluding carboxylic acids is 1. The summed E-state index contributed by atoms with van der Waals surface area (Å²) in [6.45, 7) is 17.8. The van der Waals surface area contributed by atoms with E-state index >= 15 is 0 Å². The number of hydrogen-bond donors (Lipinski definition) is 0. The second-order valence-corrected chi connectivity index (χ2v) is 8.04. The van der Waals surface area contributed by atoms with Crippen LogP contribution in [0.15, 0.2) is 12.2 Å². The highest BCUT2D eigenvalue weighted by Gasteiger charge is 2.02. The number of esters is 1. The zero-order valence-corrected chi connectivity index (χ0v) is 24.2. The summed E-state index contributed by atoms with van der Waals surface area (Å²) < 4.78 is 58.9. The number of ether oxygens (including phenoxy) is 11. The molecule has 0 aliphatic rings. The molecule has 0 aliphatic carbocycles. The fraction of sp³-hybridized carbons (Fsp3) is 0.889. The van der Waals surface area contributed by atoms with Gasteiger partial charge in [0.25, 0.3) is 0 Å². The Morgan fingerprint density at radius 1 is 0.410 bits per heavy atom. The summed E-state index contributed by atoms with van der Waals surface area (Å²) in [4.78, 5) is 11.2. The fourth-order valence-electron chi connectivity index (χ4n) is 2.54. The van der Waals surface area contributed by atoms with Gasteiger partial charge in [0.05, 0.1) is 126 Å². The molecule has 0 aromatic rings. The summed E-state index contributed by atoms with van der Waals surface area (Å²) in [6, 6.07) is 0. The van der Waals surface area contributed by atoms with E-state index < -0.39 is 5.97 Å². The van der Waals surface area contributed by atoms with Gasteiger partial charge >= 0.3 is 5.97 Å². The topological polar surface area (TPSA) is 119 Å². The summed E-state index contributed by atoms with van der Waals surface area (Å²) in [5.74, 6) is -0.410. The molecule has 0 amide bonds. The second kappa shape index (κ2) is 33.0. The Labute approximate surface area is 234 Å². The highest BCUT2D eigenvalue weighted by Crippen LogP contribution is 1.92. The molecule has 0 unspecified atom stereocenters. The van der Waals surface area contributed by atoms with E-state index in [0.717, 1.165) is 13.0 Å². The van der Waals surface area contributed by atoms with Crippen LogP contribution in [0.4, 0.5) is 0 Å². The Morgan fingerprint density at radius 3 is 0.821 bits per heavy atom. The molecule has 0 heterocycles. The average molecular weight is 569 g/mol. The van der Waals surface area contributed by atoms with E-state index in [1.54, 1.807) is 6.92 Å². The van der Waals surface area contributed by atoms with Gasteiger partial charge in [-0.25, -0.2) is 4.79 Å². The van der Waals surface area contributed by atoms with Crippen molar-refractivity contribution in [2.45, 2.75) is 20.3 Å². The van der Waals surface area contributed by atoms with E-state index in [2.05, 4.69) is 13.5 Å². The molecule has 232 valence electrons. The van der Waals surface area contributed by atoms with Crippen molar-refractivity contribution in [2.75, 3.05) is 139 Å². The maximum Gasteiger partial charge on any atom is 0.333 e. The average Bonchev–Trinajstić information content (AvgIpc) is 2.93. The molecule has 0 aliphatic heterocycles. The van der Waals surface area contributed by atoms with Gasteiger partial charge in [0.15, 0.2) is 0 Å². The Hall–Kier alpha value is -1.19. The minimum atomic E-state index is -0.410. The van der Waals surface area contributed by atoms with Gasteiger partial charge < -0.3 is 52.1 Å². The van der Waals surface area contributed by atoms with Crippen molar-refractivity contribution in [1.29, 1.82) is 0 Å². The van der Waals surface area contributed by atoms with Crippen LogP contribution in [-0.2, 0) is 56.9 Å². The molecule has 0 bridgehead atoms. The molecule has 0 spiro atoms. The van der Waals surface area contributed by atoms with E-state index in [9.17, 15) is 4.79 Å². The first-order valence-electron chi connectivity index (χ1n) is 13.8. The third-order valence-corrected chi connectivity index (χ3v) is 4.51. The van der Waals surface area contributed by atoms with Gasteiger partial charge in [-0.2, -0.15) is 0 Å². The lowest BCUT2D eigenvalue weighted by molar-refractivity contribution is -0.140. The van der Waals surface area contributed by atoms with Crippen molar-refractivity contribution >= 4 is 5.97 Å². The van der Waals surface area contributed by atoms with Crippen LogP contribution in [0.25, 0.3) is 0 Å². The van der Waals surface area contributed by atoms with Crippen LogP contribution in [0, 0.1) is 0 Å². The quantitative estimate of drug-likeness (QED) is 0.0651. The predicted molar refractivity (Wildman–Crippen MR) is 144 cm³/mol. The molecular formula is C27H52O12. The van der Waals surface area contributed by atoms with Gasteiger partial charge in [-0.1, -0.05) is 13.5 Å². The van der Waals surface area contributed by atoms with E-state index in [1.165, 1.54) is 0 Å². The Kier molecular flexibility index (Phi) is 32.0. The zero-order valence-electron chi connectivity index (χ0n) is 24.2. The molecule has 12 nitrogen and oxygen atoms in total. The van der Waals surface area contributed by atoms with Gasteiger partial charge in [0, 0.05) is 12.2 Å². The molecule has 0 atom stereocenters. The maximum atomic E-state index is 11.2. The van der Waals surface area contributed by atoms with Crippen molar-refractivity contribution in [2.24, 2.45) is 0 Å². The van der Waals surface area contributed by atoms with Crippen molar-refractivity contribution in [1.82, 2.24) is 0 Å². The van der Waals surface area contributed by atoms with Crippen molar-refractivity contribution in [3.05, 3.63) is 12.2 Å². The summed E-state index contributed by atoms with van der Waals surface area (Å²) in [5, 5.41) is 0. The van der Waals surface area contributed by atoms with Crippen LogP contribution in [0.3, 0.4) is 0 Å². The third-order valence-electron chi connectivity index (χ3n) is 4.51. The first-order valence-corrected chi connectivity index (χ1v) is 13.8. The molecule has 0 saturated heterocycles. The van der Waals surface area contributed by atoms with Crippen LogP contribution in [0.5, 0.6) is 0 Å². The normalized spacial score (nSPS) is 11.2. The van der Waals surface area contributed by atoms with Crippen molar-refractivity contribution in [3.63, 3.8) is 0 Å². The second-order valence-electron chi connectivity index (χ2n) is 8.04. The lowest BCUT2D eigenvalue weighted by Crippen LogP contribution is -2.15. The number of hydrogen-bond acceptors (Lipinski definition) is 12. The molecule has 12 heteroatoms. The van der Waals surface area contributed by atoms with Crippen LogP contribution >= 0.6 is 0 Å². The van der Waals surface area contributed by atoms with E-state index in [1.807, 2.05) is 0 Å². The minimum Gasteiger partial charge on any atom is -0.460 e. The highest BCUT2D eigenvalue weighted by molar-refractivity contribution is 5.86. The first-order chi connectivity index (χ1) is 19.2. The lowest BCUT2D eigenvalue weighted by atomic mass is 10.4. The van der Waals surface area contributed by atoms with Crippen LogP contribution < -0.4 is 0 Å². The SMILES string of the molecule is C=C(C)C(=O)OCCOCCOCCOCCOCCOCCOCCOCCOCCOCCOCCC. The molecule has 0 rings (SSSR count). The minimum absolute atomic E-state index is 0.202. The molecule has 0 fully saturated rings. The summed E-state index contributed by atoms with van der Waals surface area (Å²) in [6.07, 6.45) is 1.02. The zero-order chi connectivity index (χ0) is 28.5. The molecule has 0 aromatic heterocycles. The monoisotopic (exact) mass is 568 g/mol. The molecule has 0 radical (unpaired) electrons. The Balaban J connectivity index is 3.06. The Bertz CT molecular complexity index is 521. The summed E-state index contributed by atoms with van der Waals surface area (Å²) in [7, 11) is 0. The van der Waals surface area contributed by atoms with Crippen LogP contribution in [-0.4, -0.2) is 145 Å². The molecule has 0 aromatic carbocycles. The van der Waals surface area contributed by atoms with Crippen LogP contribution in [0.2, 0.25) is 0 Å². The molecular weight excluding hydrogens is 516 g/mol. The van der Waals surface area contributed by atoms with Gasteiger partial charge in [-0.05, 0) is 13.3 Å². The lowest BCUT2D eigenvalue weighted by Gasteiger charge is -2.09. The summed E-state index contributed by atoms with van der Waals surface area (Å²) in [5.41, 5.74) is 0.372.